The highest BCUT2D eigenvalue weighted by Gasteiger charge is 2.13. The topological polar surface area (TPSA) is 41.6 Å². The number of halogens is 1. The Labute approximate surface area is 116 Å². The first-order valence-corrected chi connectivity index (χ1v) is 6.52. The monoisotopic (exact) mass is 314 g/mol. The first-order valence-electron chi connectivity index (χ1n) is 5.72. The Bertz CT molecular complexity index is 421. The highest BCUT2D eigenvalue weighted by molar-refractivity contribution is 9.10. The Morgan fingerprint density at radius 1 is 1.50 bits per heavy atom. The van der Waals surface area contributed by atoms with E-state index in [4.69, 9.17) is 4.74 Å². The number of nitrogens with zero attached hydrogens (tertiary/aromatic N) is 1. The van der Waals surface area contributed by atoms with E-state index in [0.717, 1.165) is 15.8 Å². The number of nitrogens with one attached hydrogen (secondary N) is 1. The van der Waals surface area contributed by atoms with Crippen molar-refractivity contribution in [2.45, 2.75) is 19.5 Å². The molecule has 4 nitrogen and oxygen atoms in total. The predicted molar refractivity (Wildman–Crippen MR) is 75.7 cm³/mol. The van der Waals surface area contributed by atoms with Gasteiger partial charge < -0.3 is 15.0 Å². The van der Waals surface area contributed by atoms with Crippen LogP contribution in [0.2, 0.25) is 0 Å². The lowest BCUT2D eigenvalue weighted by Crippen LogP contribution is -2.41. The Hall–Kier alpha value is -1.07. The summed E-state index contributed by atoms with van der Waals surface area (Å²) in [7, 11) is 5.14. The fraction of sp³-hybridized carbons (Fsp3) is 0.462. The molecule has 1 rings (SSSR count). The van der Waals surface area contributed by atoms with Gasteiger partial charge in [-0.3, -0.25) is 4.79 Å². The maximum Gasteiger partial charge on any atom is 0.238 e. The largest absolute Gasteiger partial charge is 0.496 e. The molecule has 5 heteroatoms. The van der Waals surface area contributed by atoms with Gasteiger partial charge in [0.15, 0.2) is 0 Å². The fourth-order valence-electron chi connectivity index (χ4n) is 1.57. The molecule has 1 aromatic carbocycles. The average molecular weight is 315 g/mol. The smallest absolute Gasteiger partial charge is 0.238 e. The van der Waals surface area contributed by atoms with Crippen molar-refractivity contribution in [1.82, 2.24) is 10.2 Å². The van der Waals surface area contributed by atoms with E-state index < -0.39 is 0 Å². The molecule has 1 atom stereocenters. The van der Waals surface area contributed by atoms with Gasteiger partial charge in [0, 0.05) is 20.6 Å². The SMILES string of the molecule is COc1ccc(CNC(C)C(=O)N(C)C)cc1Br. The maximum absolute atomic E-state index is 11.7. The minimum absolute atomic E-state index is 0.0718. The highest BCUT2D eigenvalue weighted by Crippen LogP contribution is 2.25. The second-order valence-corrected chi connectivity index (χ2v) is 5.16. The van der Waals surface area contributed by atoms with E-state index in [2.05, 4.69) is 21.2 Å². The Morgan fingerprint density at radius 3 is 2.67 bits per heavy atom. The van der Waals surface area contributed by atoms with Crippen molar-refractivity contribution in [2.75, 3.05) is 21.2 Å². The zero-order chi connectivity index (χ0) is 13.7. The van der Waals surface area contributed by atoms with E-state index in [-0.39, 0.29) is 11.9 Å². The number of amides is 1. The molecular weight excluding hydrogens is 296 g/mol. The summed E-state index contributed by atoms with van der Waals surface area (Å²) in [4.78, 5) is 13.3. The number of ether oxygens (including phenoxy) is 1. The number of hydrogen-bond acceptors (Lipinski definition) is 3. The second-order valence-electron chi connectivity index (χ2n) is 4.30. The van der Waals surface area contributed by atoms with Crippen LogP contribution < -0.4 is 10.1 Å². The van der Waals surface area contributed by atoms with Gasteiger partial charge in [-0.05, 0) is 40.5 Å². The van der Waals surface area contributed by atoms with Gasteiger partial charge in [-0.2, -0.15) is 0 Å². The van der Waals surface area contributed by atoms with Crippen molar-refractivity contribution >= 4 is 21.8 Å². The molecule has 1 N–H and O–H groups in total. The van der Waals surface area contributed by atoms with E-state index in [1.54, 1.807) is 26.1 Å². The number of rotatable bonds is 5. The molecule has 1 amide bonds. The molecule has 18 heavy (non-hydrogen) atoms. The molecular formula is C13H19BrN2O2. The van der Waals surface area contributed by atoms with E-state index in [1.165, 1.54) is 0 Å². The van der Waals surface area contributed by atoms with Gasteiger partial charge in [-0.15, -0.1) is 0 Å². The van der Waals surface area contributed by atoms with Crippen molar-refractivity contribution in [3.8, 4) is 5.75 Å². The number of benzene rings is 1. The van der Waals surface area contributed by atoms with Crippen LogP contribution >= 0.6 is 15.9 Å². The Morgan fingerprint density at radius 2 is 2.17 bits per heavy atom. The second kappa shape index (κ2) is 6.75. The fourth-order valence-corrected chi connectivity index (χ4v) is 2.15. The zero-order valence-corrected chi connectivity index (χ0v) is 12.7. The summed E-state index contributed by atoms with van der Waals surface area (Å²) >= 11 is 3.44. The molecule has 0 saturated heterocycles. The van der Waals surface area contributed by atoms with E-state index in [1.807, 2.05) is 25.1 Å². The van der Waals surface area contributed by atoms with Crippen LogP contribution in [0.3, 0.4) is 0 Å². The molecule has 0 saturated carbocycles. The molecule has 0 heterocycles. The van der Waals surface area contributed by atoms with E-state index >= 15 is 0 Å². The van der Waals surface area contributed by atoms with Gasteiger partial charge in [0.1, 0.15) is 5.75 Å². The van der Waals surface area contributed by atoms with E-state index in [0.29, 0.717) is 6.54 Å². The number of carbonyl (C=O) groups is 1. The summed E-state index contributed by atoms with van der Waals surface area (Å²) in [5.41, 5.74) is 1.10. The van der Waals surface area contributed by atoms with Crippen LogP contribution in [-0.2, 0) is 11.3 Å². The van der Waals surface area contributed by atoms with Gasteiger partial charge >= 0.3 is 0 Å². The summed E-state index contributed by atoms with van der Waals surface area (Å²) in [5, 5.41) is 3.19. The minimum Gasteiger partial charge on any atom is -0.496 e. The molecule has 1 unspecified atom stereocenters. The first kappa shape index (κ1) is 15.0. The minimum atomic E-state index is -0.194. The van der Waals surface area contributed by atoms with E-state index in [9.17, 15) is 4.79 Å². The normalized spacial score (nSPS) is 12.1. The van der Waals surface area contributed by atoms with Gasteiger partial charge in [0.05, 0.1) is 17.6 Å². The molecule has 0 bridgehead atoms. The van der Waals surface area contributed by atoms with Crippen LogP contribution in [0.5, 0.6) is 5.75 Å². The summed E-state index contributed by atoms with van der Waals surface area (Å²) in [6.07, 6.45) is 0. The third-order valence-electron chi connectivity index (χ3n) is 2.64. The third-order valence-corrected chi connectivity index (χ3v) is 3.26. The molecule has 0 radical (unpaired) electrons. The van der Waals surface area contributed by atoms with Crippen molar-refractivity contribution in [1.29, 1.82) is 0 Å². The van der Waals surface area contributed by atoms with Crippen molar-refractivity contribution in [3.05, 3.63) is 28.2 Å². The molecule has 0 spiro atoms. The Balaban J connectivity index is 2.59. The van der Waals surface area contributed by atoms with Crippen molar-refractivity contribution in [3.63, 3.8) is 0 Å². The first-order chi connectivity index (χ1) is 8.45. The van der Waals surface area contributed by atoms with Gasteiger partial charge in [-0.1, -0.05) is 6.07 Å². The summed E-state index contributed by atoms with van der Waals surface area (Å²) in [6.45, 7) is 2.50. The predicted octanol–water partition coefficient (Wildman–Crippen LogP) is 2.02. The van der Waals surface area contributed by atoms with Crippen molar-refractivity contribution in [2.24, 2.45) is 0 Å². The third kappa shape index (κ3) is 3.99. The van der Waals surface area contributed by atoms with Gasteiger partial charge in [0.25, 0.3) is 0 Å². The molecule has 0 aliphatic heterocycles. The summed E-state index contributed by atoms with van der Waals surface area (Å²) in [6, 6.07) is 5.67. The zero-order valence-electron chi connectivity index (χ0n) is 11.2. The summed E-state index contributed by atoms with van der Waals surface area (Å²) in [5.74, 6) is 0.874. The lowest BCUT2D eigenvalue weighted by molar-refractivity contribution is -0.130. The molecule has 0 aliphatic carbocycles. The van der Waals surface area contributed by atoms with Crippen LogP contribution in [0, 0.1) is 0 Å². The summed E-state index contributed by atoms with van der Waals surface area (Å²) < 4.78 is 6.08. The lowest BCUT2D eigenvalue weighted by atomic mass is 10.2. The number of carbonyl (C=O) groups excluding carboxylic acids is 1. The number of methoxy groups -OCH3 is 1. The lowest BCUT2D eigenvalue weighted by Gasteiger charge is -2.18. The molecule has 1 aromatic rings. The quantitative estimate of drug-likeness (QED) is 0.904. The van der Waals surface area contributed by atoms with Crippen molar-refractivity contribution < 1.29 is 9.53 Å². The average Bonchev–Trinajstić information content (AvgIpc) is 2.35. The van der Waals surface area contributed by atoms with Crippen LogP contribution in [0.15, 0.2) is 22.7 Å². The van der Waals surface area contributed by atoms with Crippen LogP contribution in [0.1, 0.15) is 12.5 Å². The molecule has 0 aromatic heterocycles. The van der Waals surface area contributed by atoms with Crippen LogP contribution in [-0.4, -0.2) is 38.1 Å². The molecule has 100 valence electrons. The number of likely N-dealkylation sites (N-methyl/N-ethyl adjacent to an activating group) is 1. The standard InChI is InChI=1S/C13H19BrN2O2/c1-9(13(17)16(2)3)15-8-10-5-6-12(18-4)11(14)7-10/h5-7,9,15H,8H2,1-4H3. The molecule has 0 fully saturated rings. The number of hydrogen-bond donors (Lipinski definition) is 1. The van der Waals surface area contributed by atoms with Gasteiger partial charge in [-0.25, -0.2) is 0 Å². The highest BCUT2D eigenvalue weighted by atomic mass is 79.9. The maximum atomic E-state index is 11.7. The Kier molecular flexibility index (Phi) is 5.62. The van der Waals surface area contributed by atoms with Gasteiger partial charge in [0.2, 0.25) is 5.91 Å². The molecule has 0 aliphatic rings. The van der Waals surface area contributed by atoms with Crippen LogP contribution in [0.4, 0.5) is 0 Å². The van der Waals surface area contributed by atoms with Crippen LogP contribution in [0.25, 0.3) is 0 Å².